The first-order chi connectivity index (χ1) is 19.9. The predicted molar refractivity (Wildman–Crippen MR) is 152 cm³/mol. The lowest BCUT2D eigenvalue weighted by molar-refractivity contribution is -0.126. The minimum absolute atomic E-state index is 0.0136. The fourth-order valence-electron chi connectivity index (χ4n) is 5.33. The number of fused-ring (bicyclic) bond motifs is 1. The van der Waals surface area contributed by atoms with Crippen LogP contribution in [0.2, 0.25) is 0 Å². The predicted octanol–water partition coefficient (Wildman–Crippen LogP) is 4.62. The monoisotopic (exact) mass is 578 g/mol. The largest absolute Gasteiger partial charge is 0.507 e. The Balaban J connectivity index is 1.83. The smallest absolute Gasteiger partial charge is 0.355 e. The Kier molecular flexibility index (Phi) is 7.48. The number of carbonyl (C=O) groups is 1. The van der Waals surface area contributed by atoms with Gasteiger partial charge in [-0.05, 0) is 49.6 Å². The zero-order chi connectivity index (χ0) is 30.5. The number of benzene rings is 1. The van der Waals surface area contributed by atoms with E-state index in [9.17, 15) is 23.5 Å². The Morgan fingerprint density at radius 3 is 2.50 bits per heavy atom. The molecule has 42 heavy (non-hydrogen) atoms. The van der Waals surface area contributed by atoms with Gasteiger partial charge in [0.1, 0.15) is 17.3 Å². The van der Waals surface area contributed by atoms with Crippen LogP contribution in [-0.2, 0) is 4.79 Å². The van der Waals surface area contributed by atoms with Crippen molar-refractivity contribution in [2.75, 3.05) is 24.5 Å². The van der Waals surface area contributed by atoms with Crippen molar-refractivity contribution in [1.29, 1.82) is 0 Å². The van der Waals surface area contributed by atoms with Gasteiger partial charge in [0.15, 0.2) is 23.1 Å². The third kappa shape index (κ3) is 4.86. The van der Waals surface area contributed by atoms with Crippen molar-refractivity contribution in [3.8, 4) is 22.7 Å². The number of hydrogen-bond acceptors (Lipinski definition) is 7. The van der Waals surface area contributed by atoms with Crippen LogP contribution in [0, 0.1) is 24.4 Å². The van der Waals surface area contributed by atoms with E-state index < -0.39 is 34.6 Å². The zero-order valence-corrected chi connectivity index (χ0v) is 23.5. The Hall–Kier alpha value is -4.74. The minimum Gasteiger partial charge on any atom is -0.507 e. The highest BCUT2D eigenvalue weighted by molar-refractivity contribution is 5.91. The number of anilines is 1. The summed E-state index contributed by atoms with van der Waals surface area (Å²) in [6.07, 6.45) is 2.85. The van der Waals surface area contributed by atoms with Crippen molar-refractivity contribution in [2.24, 2.45) is 0 Å². The fraction of sp³-hybridized carbons (Fsp3) is 0.300. The maximum absolute atomic E-state index is 15.8. The van der Waals surface area contributed by atoms with Crippen LogP contribution in [-0.4, -0.2) is 61.1 Å². The van der Waals surface area contributed by atoms with Gasteiger partial charge in [-0.15, -0.1) is 0 Å². The molecule has 3 aromatic heterocycles. The van der Waals surface area contributed by atoms with Crippen molar-refractivity contribution in [3.63, 3.8) is 0 Å². The molecule has 5 rings (SSSR count). The third-order valence-electron chi connectivity index (χ3n) is 7.41. The van der Waals surface area contributed by atoms with E-state index in [1.54, 1.807) is 29.0 Å². The van der Waals surface area contributed by atoms with Crippen molar-refractivity contribution in [1.82, 2.24) is 24.4 Å². The molecule has 9 nitrogen and oxygen atoms in total. The molecular formula is C30H29F3N6O3. The van der Waals surface area contributed by atoms with E-state index in [2.05, 4.69) is 21.5 Å². The van der Waals surface area contributed by atoms with E-state index in [0.29, 0.717) is 48.7 Å². The van der Waals surface area contributed by atoms with E-state index >= 15 is 4.39 Å². The summed E-state index contributed by atoms with van der Waals surface area (Å²) < 4.78 is 45.0. The van der Waals surface area contributed by atoms with Gasteiger partial charge in [-0.2, -0.15) is 4.98 Å². The molecule has 4 aromatic rings. The van der Waals surface area contributed by atoms with E-state index in [4.69, 9.17) is 0 Å². The summed E-state index contributed by atoms with van der Waals surface area (Å²) >= 11 is 0. The van der Waals surface area contributed by atoms with Gasteiger partial charge in [0.05, 0.1) is 16.8 Å². The number of amides is 1. The lowest BCUT2D eigenvalue weighted by Gasteiger charge is -2.40. The molecular weight excluding hydrogens is 549 g/mol. The van der Waals surface area contributed by atoms with Crippen molar-refractivity contribution < 1.29 is 23.1 Å². The number of halogens is 3. The lowest BCUT2D eigenvalue weighted by atomic mass is 10.0. The van der Waals surface area contributed by atoms with Crippen molar-refractivity contribution >= 4 is 22.8 Å². The maximum Gasteiger partial charge on any atom is 0.355 e. The average Bonchev–Trinajstić information content (AvgIpc) is 2.94. The van der Waals surface area contributed by atoms with Crippen molar-refractivity contribution in [2.45, 2.75) is 39.7 Å². The molecule has 1 fully saturated rings. The van der Waals surface area contributed by atoms with Crippen molar-refractivity contribution in [3.05, 3.63) is 82.3 Å². The average molecular weight is 579 g/mol. The summed E-state index contributed by atoms with van der Waals surface area (Å²) in [5.41, 5.74) is 0.0674. The third-order valence-corrected chi connectivity index (χ3v) is 7.41. The Labute approximate surface area is 239 Å². The molecule has 1 N–H and O–H groups in total. The number of rotatable bonds is 5. The second kappa shape index (κ2) is 10.9. The summed E-state index contributed by atoms with van der Waals surface area (Å²) in [6, 6.07) is 3.72. The summed E-state index contributed by atoms with van der Waals surface area (Å²) in [6.45, 7) is 11.9. The number of nitrogens with zero attached hydrogens (tertiary/aromatic N) is 6. The van der Waals surface area contributed by atoms with Crippen LogP contribution in [0.1, 0.15) is 37.9 Å². The highest BCUT2D eigenvalue weighted by Crippen LogP contribution is 2.36. The van der Waals surface area contributed by atoms with Crippen LogP contribution in [0.15, 0.2) is 47.9 Å². The SMILES string of the molecule is C=CC(=O)N1CCN(c2nc(=O)n(-c3c(C)ccnc3C(C)C)c3nc(-c4cc(F)c(F)cc4O)c(F)cc23)[C@@H](C)C1. The van der Waals surface area contributed by atoms with Crippen LogP contribution in [0.4, 0.5) is 19.0 Å². The normalized spacial score (nSPS) is 15.5. The molecule has 0 unspecified atom stereocenters. The molecule has 1 saturated heterocycles. The van der Waals surface area contributed by atoms with E-state index in [1.165, 1.54) is 10.6 Å². The van der Waals surface area contributed by atoms with E-state index in [1.807, 2.05) is 20.8 Å². The fourth-order valence-corrected chi connectivity index (χ4v) is 5.33. The molecule has 4 heterocycles. The zero-order valence-electron chi connectivity index (χ0n) is 23.5. The van der Waals surface area contributed by atoms with Gasteiger partial charge in [-0.1, -0.05) is 20.4 Å². The highest BCUT2D eigenvalue weighted by Gasteiger charge is 2.31. The topological polar surface area (TPSA) is 104 Å². The van der Waals surface area contributed by atoms with Crippen LogP contribution < -0.4 is 10.6 Å². The Bertz CT molecular complexity index is 1810. The highest BCUT2D eigenvalue weighted by atomic mass is 19.2. The van der Waals surface area contributed by atoms with Crippen LogP contribution in [0.25, 0.3) is 28.0 Å². The van der Waals surface area contributed by atoms with Gasteiger partial charge in [0, 0.05) is 43.5 Å². The van der Waals surface area contributed by atoms with Gasteiger partial charge in [0.25, 0.3) is 0 Å². The summed E-state index contributed by atoms with van der Waals surface area (Å²) in [5.74, 6) is -4.47. The molecule has 218 valence electrons. The molecule has 0 bridgehead atoms. The molecule has 0 spiro atoms. The molecule has 1 aliphatic rings. The molecule has 12 heteroatoms. The molecule has 0 radical (unpaired) electrons. The summed E-state index contributed by atoms with van der Waals surface area (Å²) in [5, 5.41) is 10.6. The van der Waals surface area contributed by atoms with E-state index in [-0.39, 0.29) is 40.3 Å². The number of aryl methyl sites for hydroxylation is 1. The van der Waals surface area contributed by atoms with Gasteiger partial charge in [-0.3, -0.25) is 9.78 Å². The van der Waals surface area contributed by atoms with Gasteiger partial charge in [0.2, 0.25) is 5.91 Å². The quantitative estimate of drug-likeness (QED) is 0.345. The summed E-state index contributed by atoms with van der Waals surface area (Å²) in [4.78, 5) is 42.8. The molecule has 0 saturated carbocycles. The van der Waals surface area contributed by atoms with E-state index in [0.717, 1.165) is 6.07 Å². The number of pyridine rings is 2. The number of hydrogen-bond donors (Lipinski definition) is 1. The Morgan fingerprint density at radius 1 is 1.12 bits per heavy atom. The maximum atomic E-state index is 15.8. The standard InChI is InChI=1S/C30H29F3N6O3/c1-6-24(41)37-9-10-38(17(5)14-37)28-19-12-22(33)26(18-11-20(31)21(32)13-23(18)40)35-29(19)39(30(42)36-28)27-16(4)7-8-34-25(27)15(2)3/h6-8,11-13,15,17,40H,1,9-10,14H2,2-5H3/t17-/m0/s1. The first-order valence-electron chi connectivity index (χ1n) is 13.4. The van der Waals surface area contributed by atoms with Crippen LogP contribution in [0.5, 0.6) is 5.75 Å². The second-order valence-corrected chi connectivity index (χ2v) is 10.6. The molecule has 1 amide bonds. The van der Waals surface area contributed by atoms with Crippen LogP contribution in [0.3, 0.4) is 0 Å². The first-order valence-corrected chi connectivity index (χ1v) is 13.4. The van der Waals surface area contributed by atoms with Crippen LogP contribution >= 0.6 is 0 Å². The number of aromatic nitrogens is 4. The molecule has 1 aromatic carbocycles. The Morgan fingerprint density at radius 2 is 1.83 bits per heavy atom. The lowest BCUT2D eigenvalue weighted by Crippen LogP contribution is -2.54. The number of phenols is 1. The molecule has 1 atom stereocenters. The number of aromatic hydroxyl groups is 1. The molecule has 0 aliphatic carbocycles. The van der Waals surface area contributed by atoms with Gasteiger partial charge >= 0.3 is 5.69 Å². The summed E-state index contributed by atoms with van der Waals surface area (Å²) in [7, 11) is 0. The number of carbonyl (C=O) groups excluding carboxylic acids is 1. The number of piperazine rings is 1. The molecule has 1 aliphatic heterocycles. The first kappa shape index (κ1) is 28.8. The van der Waals surface area contributed by atoms with Gasteiger partial charge < -0.3 is 14.9 Å². The minimum atomic E-state index is -1.31. The van der Waals surface area contributed by atoms with Gasteiger partial charge in [-0.25, -0.2) is 27.5 Å². The number of phenolic OH excluding ortho intramolecular Hbond substituents is 1. The second-order valence-electron chi connectivity index (χ2n) is 10.6.